The first kappa shape index (κ1) is 7.46. The molecule has 0 amide bonds. The van der Waals surface area contributed by atoms with Gasteiger partial charge in [-0.05, 0) is 12.8 Å². The van der Waals surface area contributed by atoms with Gasteiger partial charge in [-0.2, -0.15) is 5.10 Å². The fourth-order valence-corrected chi connectivity index (χ4v) is 1.82. The second kappa shape index (κ2) is 2.69. The molecule has 4 heteroatoms. The summed E-state index contributed by atoms with van der Waals surface area (Å²) in [6.45, 7) is 0. The van der Waals surface area contributed by atoms with Crippen molar-refractivity contribution in [2.24, 2.45) is 0 Å². The Morgan fingerprint density at radius 1 is 1.33 bits per heavy atom. The van der Waals surface area contributed by atoms with Crippen molar-refractivity contribution in [2.75, 3.05) is 11.5 Å². The quantitative estimate of drug-likeness (QED) is 0.657. The molecule has 1 heterocycles. The van der Waals surface area contributed by atoms with Crippen LogP contribution in [0.5, 0.6) is 0 Å². The van der Waals surface area contributed by atoms with Gasteiger partial charge in [-0.1, -0.05) is 12.8 Å². The van der Waals surface area contributed by atoms with Crippen LogP contribution >= 0.6 is 0 Å². The van der Waals surface area contributed by atoms with Crippen LogP contribution in [0.4, 0.5) is 11.5 Å². The van der Waals surface area contributed by atoms with E-state index in [-0.39, 0.29) is 0 Å². The maximum Gasteiger partial charge on any atom is 0.145 e. The fourth-order valence-electron chi connectivity index (χ4n) is 1.82. The lowest BCUT2D eigenvalue weighted by Crippen LogP contribution is -2.10. The Bertz CT molecular complexity index is 273. The standard InChI is InChI=1S/C8H14N4/c9-7-5-11-12(8(7)10)6-3-1-2-4-6/h5-6H,1-4,9-10H2. The Morgan fingerprint density at radius 3 is 2.50 bits per heavy atom. The zero-order chi connectivity index (χ0) is 8.55. The number of nitrogens with zero attached hydrogens (tertiary/aromatic N) is 2. The fraction of sp³-hybridized carbons (Fsp3) is 0.625. The molecule has 0 atom stereocenters. The summed E-state index contributed by atoms with van der Waals surface area (Å²) < 4.78 is 1.86. The van der Waals surface area contributed by atoms with Gasteiger partial charge in [0.15, 0.2) is 0 Å². The predicted octanol–water partition coefficient (Wildman–Crippen LogP) is 1.16. The van der Waals surface area contributed by atoms with Gasteiger partial charge in [0, 0.05) is 0 Å². The van der Waals surface area contributed by atoms with Crippen molar-refractivity contribution in [3.8, 4) is 0 Å². The summed E-state index contributed by atoms with van der Waals surface area (Å²) in [7, 11) is 0. The number of nitrogens with two attached hydrogens (primary N) is 2. The molecule has 0 bridgehead atoms. The van der Waals surface area contributed by atoms with Gasteiger partial charge in [0.05, 0.1) is 17.9 Å². The van der Waals surface area contributed by atoms with E-state index in [4.69, 9.17) is 11.5 Å². The molecule has 1 aromatic rings. The Balaban J connectivity index is 2.26. The second-order valence-corrected chi connectivity index (χ2v) is 3.37. The third kappa shape index (κ3) is 1.03. The van der Waals surface area contributed by atoms with Crippen LogP contribution in [0.25, 0.3) is 0 Å². The number of anilines is 2. The molecule has 0 aliphatic heterocycles. The van der Waals surface area contributed by atoms with E-state index in [0.717, 1.165) is 0 Å². The topological polar surface area (TPSA) is 69.9 Å². The molecule has 0 spiro atoms. The third-order valence-corrected chi connectivity index (χ3v) is 2.53. The van der Waals surface area contributed by atoms with E-state index in [9.17, 15) is 0 Å². The highest BCUT2D eigenvalue weighted by molar-refractivity contribution is 5.57. The van der Waals surface area contributed by atoms with Crippen molar-refractivity contribution in [2.45, 2.75) is 31.7 Å². The lowest BCUT2D eigenvalue weighted by atomic mass is 10.2. The van der Waals surface area contributed by atoms with Crippen molar-refractivity contribution in [3.05, 3.63) is 6.20 Å². The van der Waals surface area contributed by atoms with Gasteiger partial charge < -0.3 is 11.5 Å². The highest BCUT2D eigenvalue weighted by Crippen LogP contribution is 2.31. The minimum absolute atomic E-state index is 0.488. The molecule has 0 unspecified atom stereocenters. The Kier molecular flexibility index (Phi) is 1.67. The first-order valence-electron chi connectivity index (χ1n) is 4.37. The minimum atomic E-state index is 0.488. The molecular weight excluding hydrogens is 152 g/mol. The molecule has 1 fully saturated rings. The molecule has 66 valence electrons. The zero-order valence-electron chi connectivity index (χ0n) is 7.03. The van der Waals surface area contributed by atoms with Crippen LogP contribution in [-0.2, 0) is 0 Å². The van der Waals surface area contributed by atoms with E-state index in [0.29, 0.717) is 17.5 Å². The lowest BCUT2D eigenvalue weighted by molar-refractivity contribution is 0.474. The van der Waals surface area contributed by atoms with Gasteiger partial charge in [-0.25, -0.2) is 4.68 Å². The first-order valence-corrected chi connectivity index (χ1v) is 4.37. The van der Waals surface area contributed by atoms with Crippen LogP contribution in [-0.4, -0.2) is 9.78 Å². The Labute approximate surface area is 71.5 Å². The van der Waals surface area contributed by atoms with E-state index in [1.807, 2.05) is 4.68 Å². The molecule has 1 aliphatic carbocycles. The van der Waals surface area contributed by atoms with Crippen molar-refractivity contribution in [1.82, 2.24) is 9.78 Å². The number of hydrogen-bond donors (Lipinski definition) is 2. The average molecular weight is 166 g/mol. The Hall–Kier alpha value is -1.19. The SMILES string of the molecule is Nc1cnn(C2CCCC2)c1N. The van der Waals surface area contributed by atoms with Crippen molar-refractivity contribution >= 4 is 11.5 Å². The maximum atomic E-state index is 5.76. The lowest BCUT2D eigenvalue weighted by Gasteiger charge is -2.11. The molecule has 1 saturated carbocycles. The van der Waals surface area contributed by atoms with E-state index >= 15 is 0 Å². The summed E-state index contributed by atoms with van der Waals surface area (Å²) >= 11 is 0. The van der Waals surface area contributed by atoms with Gasteiger partial charge in [0.1, 0.15) is 5.82 Å². The average Bonchev–Trinajstić information content (AvgIpc) is 2.64. The molecule has 0 aromatic carbocycles. The molecular formula is C8H14N4. The number of aromatic nitrogens is 2. The summed E-state index contributed by atoms with van der Waals surface area (Å²) in [6.07, 6.45) is 6.57. The summed E-state index contributed by atoms with van der Waals surface area (Å²) in [5, 5.41) is 4.16. The van der Waals surface area contributed by atoms with E-state index < -0.39 is 0 Å². The summed E-state index contributed by atoms with van der Waals surface area (Å²) in [5.74, 6) is 0.627. The van der Waals surface area contributed by atoms with Crippen molar-refractivity contribution in [1.29, 1.82) is 0 Å². The van der Waals surface area contributed by atoms with Crippen LogP contribution in [0.1, 0.15) is 31.7 Å². The maximum absolute atomic E-state index is 5.76. The largest absolute Gasteiger partial charge is 0.394 e. The monoisotopic (exact) mass is 166 g/mol. The second-order valence-electron chi connectivity index (χ2n) is 3.37. The van der Waals surface area contributed by atoms with Gasteiger partial charge in [0.2, 0.25) is 0 Å². The van der Waals surface area contributed by atoms with Crippen molar-refractivity contribution in [3.63, 3.8) is 0 Å². The number of rotatable bonds is 1. The van der Waals surface area contributed by atoms with Gasteiger partial charge >= 0.3 is 0 Å². The first-order chi connectivity index (χ1) is 5.79. The smallest absolute Gasteiger partial charge is 0.145 e. The molecule has 1 aliphatic rings. The normalized spacial score (nSPS) is 18.7. The summed E-state index contributed by atoms with van der Waals surface area (Å²) in [6, 6.07) is 0.488. The van der Waals surface area contributed by atoms with Crippen LogP contribution in [0.2, 0.25) is 0 Å². The summed E-state index contributed by atoms with van der Waals surface area (Å²) in [4.78, 5) is 0. The van der Waals surface area contributed by atoms with Gasteiger partial charge in [-0.3, -0.25) is 0 Å². The van der Waals surface area contributed by atoms with E-state index in [1.54, 1.807) is 6.20 Å². The molecule has 4 nitrogen and oxygen atoms in total. The molecule has 4 N–H and O–H groups in total. The van der Waals surface area contributed by atoms with E-state index in [2.05, 4.69) is 5.10 Å². The van der Waals surface area contributed by atoms with Gasteiger partial charge in [0.25, 0.3) is 0 Å². The number of nitrogen functional groups attached to an aromatic ring is 2. The van der Waals surface area contributed by atoms with Crippen LogP contribution in [0, 0.1) is 0 Å². The molecule has 0 radical (unpaired) electrons. The highest BCUT2D eigenvalue weighted by atomic mass is 15.3. The third-order valence-electron chi connectivity index (χ3n) is 2.53. The van der Waals surface area contributed by atoms with Crippen LogP contribution in [0.15, 0.2) is 6.20 Å². The number of hydrogen-bond acceptors (Lipinski definition) is 3. The van der Waals surface area contributed by atoms with Crippen molar-refractivity contribution < 1.29 is 0 Å². The molecule has 0 saturated heterocycles. The van der Waals surface area contributed by atoms with Crippen LogP contribution in [0.3, 0.4) is 0 Å². The molecule has 1 aromatic heterocycles. The molecule has 12 heavy (non-hydrogen) atoms. The highest BCUT2D eigenvalue weighted by Gasteiger charge is 2.19. The summed E-state index contributed by atoms with van der Waals surface area (Å²) in [5.41, 5.74) is 12.0. The molecule has 2 rings (SSSR count). The Morgan fingerprint density at radius 2 is 2.00 bits per heavy atom. The van der Waals surface area contributed by atoms with Crippen LogP contribution < -0.4 is 11.5 Å². The zero-order valence-corrected chi connectivity index (χ0v) is 7.03. The van der Waals surface area contributed by atoms with E-state index in [1.165, 1.54) is 25.7 Å². The minimum Gasteiger partial charge on any atom is -0.394 e. The predicted molar refractivity (Wildman–Crippen MR) is 48.6 cm³/mol. The van der Waals surface area contributed by atoms with Gasteiger partial charge in [-0.15, -0.1) is 0 Å².